The number of benzene rings is 2. The number of tetrazole rings is 1. The second-order valence-corrected chi connectivity index (χ2v) is 8.37. The first-order valence-corrected chi connectivity index (χ1v) is 11.4. The number of amides is 1. The van der Waals surface area contributed by atoms with Crippen molar-refractivity contribution < 1.29 is 19.1 Å². The van der Waals surface area contributed by atoms with Crippen molar-refractivity contribution in [2.45, 2.75) is 17.6 Å². The maximum absolute atomic E-state index is 13.2. The molecule has 1 N–H and O–H groups in total. The van der Waals surface area contributed by atoms with Gasteiger partial charge in [0.2, 0.25) is 5.16 Å². The van der Waals surface area contributed by atoms with Gasteiger partial charge in [-0.2, -0.15) is 9.78 Å². The van der Waals surface area contributed by atoms with E-state index in [1.54, 1.807) is 43.7 Å². The van der Waals surface area contributed by atoms with Crippen molar-refractivity contribution in [3.63, 3.8) is 0 Å². The third-order valence-electron chi connectivity index (χ3n) is 5.32. The zero-order chi connectivity index (χ0) is 23.5. The molecular weight excluding hydrogens is 456 g/mol. The lowest BCUT2D eigenvalue weighted by molar-refractivity contribution is -0.130. The van der Waals surface area contributed by atoms with E-state index in [-0.39, 0.29) is 23.5 Å². The lowest BCUT2D eigenvalue weighted by Gasteiger charge is -2.19. The van der Waals surface area contributed by atoms with E-state index in [0.717, 1.165) is 17.0 Å². The van der Waals surface area contributed by atoms with Gasteiger partial charge in [-0.25, -0.2) is 5.01 Å². The smallest absolute Gasteiger partial charge is 0.253 e. The quantitative estimate of drug-likeness (QED) is 0.403. The number of carbonyl (C=O) groups is 1. The monoisotopic (exact) mass is 476 g/mol. The van der Waals surface area contributed by atoms with Crippen LogP contribution in [-0.2, 0) is 4.79 Å². The fourth-order valence-electron chi connectivity index (χ4n) is 3.62. The number of methoxy groups -OCH3 is 1. The van der Waals surface area contributed by atoms with Crippen LogP contribution < -0.4 is 4.74 Å². The van der Waals surface area contributed by atoms with Gasteiger partial charge < -0.3 is 14.3 Å². The van der Waals surface area contributed by atoms with Crippen molar-refractivity contribution >= 4 is 23.4 Å². The van der Waals surface area contributed by atoms with Crippen LogP contribution in [0.25, 0.3) is 5.69 Å². The number of rotatable bonds is 7. The number of aromatic nitrogens is 4. The van der Waals surface area contributed by atoms with Crippen LogP contribution in [0.3, 0.4) is 0 Å². The number of phenolic OH excluding ortho intramolecular Hbond substituents is 1. The molecule has 4 aromatic rings. The van der Waals surface area contributed by atoms with E-state index in [9.17, 15) is 9.90 Å². The van der Waals surface area contributed by atoms with E-state index in [0.29, 0.717) is 23.0 Å². The highest BCUT2D eigenvalue weighted by Gasteiger charge is 2.35. The summed E-state index contributed by atoms with van der Waals surface area (Å²) < 4.78 is 12.3. The molecule has 0 saturated carbocycles. The Morgan fingerprint density at radius 3 is 2.68 bits per heavy atom. The summed E-state index contributed by atoms with van der Waals surface area (Å²) in [6.07, 6.45) is 2.12. The molecule has 0 fully saturated rings. The highest BCUT2D eigenvalue weighted by atomic mass is 32.2. The molecule has 0 spiro atoms. The number of hydrazone groups is 1. The Hall–Kier alpha value is -4.12. The number of carbonyl (C=O) groups excluding carboxylic acids is 1. The minimum Gasteiger partial charge on any atom is -0.508 e. The van der Waals surface area contributed by atoms with Gasteiger partial charge in [-0.3, -0.25) is 4.79 Å². The molecule has 2 aromatic heterocycles. The third-order valence-corrected chi connectivity index (χ3v) is 6.22. The Kier molecular flexibility index (Phi) is 6.00. The van der Waals surface area contributed by atoms with Crippen molar-refractivity contribution in [2.75, 3.05) is 12.9 Å². The van der Waals surface area contributed by atoms with Gasteiger partial charge in [0.15, 0.2) is 0 Å². The molecule has 10 nitrogen and oxygen atoms in total. The van der Waals surface area contributed by atoms with E-state index in [1.165, 1.54) is 21.5 Å². The Bertz CT molecular complexity index is 1300. The molecule has 1 amide bonds. The molecule has 11 heteroatoms. The molecule has 0 unspecified atom stereocenters. The second-order valence-electron chi connectivity index (χ2n) is 7.43. The van der Waals surface area contributed by atoms with Crippen molar-refractivity contribution in [3.8, 4) is 17.2 Å². The minimum absolute atomic E-state index is 0.0784. The summed E-state index contributed by atoms with van der Waals surface area (Å²) in [5.41, 5.74) is 2.38. The molecule has 3 heterocycles. The van der Waals surface area contributed by atoms with Crippen LogP contribution in [0.2, 0.25) is 0 Å². The molecule has 0 radical (unpaired) electrons. The summed E-state index contributed by atoms with van der Waals surface area (Å²) in [4.78, 5) is 13.2. The standard InChI is InChI=1S/C23H20N6O4S/c1-32-18-10-4-15(5-11-18)19-13-20(21-3-2-12-33-21)29(25-19)22(31)14-34-23-24-26-27-28(23)16-6-8-17(30)9-7-16/h2-12,20,30H,13-14H2,1H3/t20-/m0/s1. The van der Waals surface area contributed by atoms with Gasteiger partial charge in [0, 0.05) is 6.42 Å². The summed E-state index contributed by atoms with van der Waals surface area (Å²) in [6, 6.07) is 17.3. The predicted molar refractivity (Wildman–Crippen MR) is 124 cm³/mol. The summed E-state index contributed by atoms with van der Waals surface area (Å²) in [6.45, 7) is 0. The van der Waals surface area contributed by atoms with Gasteiger partial charge in [0.25, 0.3) is 5.91 Å². The highest BCUT2D eigenvalue weighted by molar-refractivity contribution is 7.99. The minimum atomic E-state index is -0.340. The van der Waals surface area contributed by atoms with Crippen LogP contribution in [-0.4, -0.2) is 54.8 Å². The van der Waals surface area contributed by atoms with Crippen LogP contribution in [0.15, 0.2) is 81.6 Å². The fourth-order valence-corrected chi connectivity index (χ4v) is 4.36. The maximum atomic E-state index is 13.2. The Morgan fingerprint density at radius 1 is 1.18 bits per heavy atom. The largest absolute Gasteiger partial charge is 0.508 e. The maximum Gasteiger partial charge on any atom is 0.253 e. The molecule has 5 rings (SSSR count). The second kappa shape index (κ2) is 9.40. The van der Waals surface area contributed by atoms with Crippen molar-refractivity contribution in [1.82, 2.24) is 25.2 Å². The summed E-state index contributed by atoms with van der Waals surface area (Å²) in [7, 11) is 1.62. The first-order valence-electron chi connectivity index (χ1n) is 10.4. The van der Waals surface area contributed by atoms with Gasteiger partial charge in [0.1, 0.15) is 23.3 Å². The molecule has 0 bridgehead atoms. The number of furan rings is 1. The molecule has 1 aliphatic heterocycles. The Labute approximate surface area is 198 Å². The fraction of sp³-hybridized carbons (Fsp3) is 0.174. The van der Waals surface area contributed by atoms with Crippen molar-refractivity contribution in [2.24, 2.45) is 5.10 Å². The number of hydrogen-bond acceptors (Lipinski definition) is 9. The van der Waals surface area contributed by atoms with Crippen molar-refractivity contribution in [1.29, 1.82) is 0 Å². The molecule has 1 aliphatic rings. The zero-order valence-electron chi connectivity index (χ0n) is 18.1. The van der Waals surface area contributed by atoms with Gasteiger partial charge in [-0.15, -0.1) is 5.10 Å². The van der Waals surface area contributed by atoms with E-state index < -0.39 is 0 Å². The van der Waals surface area contributed by atoms with E-state index >= 15 is 0 Å². The number of nitrogens with zero attached hydrogens (tertiary/aromatic N) is 6. The van der Waals surface area contributed by atoms with E-state index in [4.69, 9.17) is 9.15 Å². The number of phenols is 1. The van der Waals surface area contributed by atoms with Gasteiger partial charge in [-0.05, 0) is 76.7 Å². The Balaban J connectivity index is 1.35. The third kappa shape index (κ3) is 4.37. The first-order chi connectivity index (χ1) is 16.6. The number of thioether (sulfide) groups is 1. The molecular formula is C23H20N6O4S. The van der Waals surface area contributed by atoms with Crippen LogP contribution >= 0.6 is 11.8 Å². The topological polar surface area (TPSA) is 119 Å². The molecule has 2 aromatic carbocycles. The SMILES string of the molecule is COc1ccc(C2=NN(C(=O)CSc3nnnn3-c3ccc(O)cc3)[C@H](c3ccco3)C2)cc1. The van der Waals surface area contributed by atoms with Crippen LogP contribution in [0.1, 0.15) is 23.8 Å². The van der Waals surface area contributed by atoms with E-state index in [1.807, 2.05) is 30.3 Å². The summed E-state index contributed by atoms with van der Waals surface area (Å²) in [5, 5.41) is 27.8. The predicted octanol–water partition coefficient (Wildman–Crippen LogP) is 3.44. The average molecular weight is 477 g/mol. The molecule has 1 atom stereocenters. The number of ether oxygens (including phenoxy) is 1. The number of hydrogen-bond donors (Lipinski definition) is 1. The van der Waals surface area contributed by atoms with E-state index in [2.05, 4.69) is 20.6 Å². The molecule has 34 heavy (non-hydrogen) atoms. The van der Waals surface area contributed by atoms with Crippen LogP contribution in [0, 0.1) is 0 Å². The van der Waals surface area contributed by atoms with Crippen molar-refractivity contribution in [3.05, 3.63) is 78.3 Å². The Morgan fingerprint density at radius 2 is 1.97 bits per heavy atom. The highest BCUT2D eigenvalue weighted by Crippen LogP contribution is 2.34. The van der Waals surface area contributed by atoms with Gasteiger partial charge in [-0.1, -0.05) is 11.8 Å². The summed E-state index contributed by atoms with van der Waals surface area (Å²) in [5.74, 6) is 1.44. The first kappa shape index (κ1) is 21.7. The molecule has 0 aliphatic carbocycles. The van der Waals surface area contributed by atoms with Crippen LogP contribution in [0.5, 0.6) is 11.5 Å². The lowest BCUT2D eigenvalue weighted by Crippen LogP contribution is -2.28. The molecule has 172 valence electrons. The lowest BCUT2D eigenvalue weighted by atomic mass is 10.0. The van der Waals surface area contributed by atoms with Crippen LogP contribution in [0.4, 0.5) is 0 Å². The summed E-state index contributed by atoms with van der Waals surface area (Å²) >= 11 is 1.21. The zero-order valence-corrected chi connectivity index (χ0v) is 18.9. The number of aromatic hydroxyl groups is 1. The molecule has 0 saturated heterocycles. The van der Waals surface area contributed by atoms with Gasteiger partial charge in [0.05, 0.1) is 30.5 Å². The normalized spacial score (nSPS) is 15.4. The average Bonchev–Trinajstić information content (AvgIpc) is 3.63. The van der Waals surface area contributed by atoms with Gasteiger partial charge >= 0.3 is 0 Å².